The predicted molar refractivity (Wildman–Crippen MR) is 95.7 cm³/mol. The van der Waals surface area contributed by atoms with E-state index >= 15 is 0 Å². The Morgan fingerprint density at radius 1 is 1.12 bits per heavy atom. The fourth-order valence-corrected chi connectivity index (χ4v) is 2.63. The number of hydrogen-bond acceptors (Lipinski definition) is 3. The van der Waals surface area contributed by atoms with Gasteiger partial charge in [-0.15, -0.1) is 0 Å². The number of nitrogens with zero attached hydrogens (tertiary/aromatic N) is 2. The third kappa shape index (κ3) is 3.87. The second-order valence-corrected chi connectivity index (χ2v) is 5.82. The van der Waals surface area contributed by atoms with Gasteiger partial charge in [-0.25, -0.2) is 4.98 Å². The molecule has 0 saturated heterocycles. The summed E-state index contributed by atoms with van der Waals surface area (Å²) in [6, 6.07) is 16.0. The summed E-state index contributed by atoms with van der Waals surface area (Å²) < 4.78 is 1.60. The molecule has 0 saturated carbocycles. The minimum atomic E-state index is -0.671. The molecule has 0 radical (unpaired) electrons. The average molecular weight is 355 g/mol. The third-order valence-corrected chi connectivity index (χ3v) is 3.82. The second kappa shape index (κ2) is 7.19. The Hall–Kier alpha value is -3.12. The smallest absolute Gasteiger partial charge is 0.269 e. The molecule has 126 valence electrons. The Morgan fingerprint density at radius 3 is 2.56 bits per heavy atom. The van der Waals surface area contributed by atoms with E-state index < -0.39 is 11.8 Å². The monoisotopic (exact) mass is 354 g/mol. The number of hydrogen-bond donors (Lipinski definition) is 2. The zero-order valence-corrected chi connectivity index (χ0v) is 13.9. The number of imidazole rings is 1. The van der Waals surface area contributed by atoms with E-state index in [2.05, 4.69) is 10.3 Å². The topological polar surface area (TPSA) is 90.0 Å². The summed E-state index contributed by atoms with van der Waals surface area (Å²) in [7, 11) is 0. The third-order valence-electron chi connectivity index (χ3n) is 3.59. The zero-order valence-electron chi connectivity index (χ0n) is 13.1. The number of benzene rings is 2. The molecule has 0 aliphatic carbocycles. The summed E-state index contributed by atoms with van der Waals surface area (Å²) in [6.07, 6.45) is 1.47. The number of aromatic nitrogens is 2. The van der Waals surface area contributed by atoms with Crippen LogP contribution in [0.4, 0.5) is 5.82 Å². The highest BCUT2D eigenvalue weighted by molar-refractivity contribution is 6.31. The van der Waals surface area contributed by atoms with Crippen LogP contribution in [-0.4, -0.2) is 21.4 Å². The Balaban J connectivity index is 1.87. The van der Waals surface area contributed by atoms with Gasteiger partial charge in [-0.2, -0.15) is 0 Å². The number of anilines is 1. The van der Waals surface area contributed by atoms with Crippen molar-refractivity contribution in [2.75, 3.05) is 5.32 Å². The van der Waals surface area contributed by atoms with Crippen LogP contribution < -0.4 is 11.1 Å². The minimum Gasteiger partial charge on any atom is -0.364 e. The van der Waals surface area contributed by atoms with Crippen molar-refractivity contribution in [2.24, 2.45) is 5.73 Å². The summed E-state index contributed by atoms with van der Waals surface area (Å²) in [6.45, 7) is 0.416. The van der Waals surface area contributed by atoms with E-state index in [4.69, 9.17) is 17.3 Å². The van der Waals surface area contributed by atoms with Crippen molar-refractivity contribution in [3.8, 4) is 0 Å². The molecule has 3 N–H and O–H groups in total. The number of carbonyl (C=O) groups excluding carboxylic acids is 2. The van der Waals surface area contributed by atoms with Crippen molar-refractivity contribution in [1.82, 2.24) is 9.55 Å². The van der Waals surface area contributed by atoms with Gasteiger partial charge in [0.2, 0.25) is 0 Å². The van der Waals surface area contributed by atoms with Crippen molar-refractivity contribution >= 4 is 29.2 Å². The SMILES string of the molecule is NC(=O)c1c(NC(=O)c2cccc(Cl)c2)ncn1Cc1ccccc1. The van der Waals surface area contributed by atoms with Gasteiger partial charge >= 0.3 is 0 Å². The molecule has 3 aromatic rings. The first-order valence-corrected chi connectivity index (χ1v) is 7.88. The fourth-order valence-electron chi connectivity index (χ4n) is 2.44. The molecular formula is C18H15ClN4O2. The lowest BCUT2D eigenvalue weighted by Crippen LogP contribution is -2.21. The van der Waals surface area contributed by atoms with E-state index in [0.29, 0.717) is 17.1 Å². The maximum Gasteiger partial charge on any atom is 0.269 e. The molecular weight excluding hydrogens is 340 g/mol. The van der Waals surface area contributed by atoms with Gasteiger partial charge in [-0.1, -0.05) is 48.0 Å². The lowest BCUT2D eigenvalue weighted by atomic mass is 10.2. The molecule has 7 heteroatoms. The molecule has 6 nitrogen and oxygen atoms in total. The quantitative estimate of drug-likeness (QED) is 0.738. The van der Waals surface area contributed by atoms with Gasteiger partial charge in [0.1, 0.15) is 0 Å². The molecule has 0 bridgehead atoms. The summed E-state index contributed by atoms with van der Waals surface area (Å²) in [5.74, 6) is -0.974. The largest absolute Gasteiger partial charge is 0.364 e. The number of nitrogens with two attached hydrogens (primary N) is 1. The highest BCUT2D eigenvalue weighted by Gasteiger charge is 2.19. The van der Waals surface area contributed by atoms with Gasteiger partial charge in [-0.05, 0) is 23.8 Å². The first kappa shape index (κ1) is 16.7. The molecule has 0 spiro atoms. The zero-order chi connectivity index (χ0) is 17.8. The number of primary amides is 1. The lowest BCUT2D eigenvalue weighted by Gasteiger charge is -2.08. The van der Waals surface area contributed by atoms with E-state index in [9.17, 15) is 9.59 Å². The highest BCUT2D eigenvalue weighted by atomic mass is 35.5. The first-order valence-electron chi connectivity index (χ1n) is 7.50. The Bertz CT molecular complexity index is 922. The molecule has 0 unspecified atom stereocenters. The van der Waals surface area contributed by atoms with Crippen molar-refractivity contribution in [1.29, 1.82) is 0 Å². The van der Waals surface area contributed by atoms with E-state index in [0.717, 1.165) is 5.56 Å². The summed E-state index contributed by atoms with van der Waals surface area (Å²) in [5, 5.41) is 3.05. The lowest BCUT2D eigenvalue weighted by molar-refractivity contribution is 0.0993. The van der Waals surface area contributed by atoms with Crippen molar-refractivity contribution in [3.05, 3.63) is 82.8 Å². The van der Waals surface area contributed by atoms with Gasteiger partial charge in [0.25, 0.3) is 11.8 Å². The van der Waals surface area contributed by atoms with Crippen LogP contribution in [0.3, 0.4) is 0 Å². The van der Waals surface area contributed by atoms with Crippen molar-refractivity contribution < 1.29 is 9.59 Å². The van der Waals surface area contributed by atoms with E-state index in [1.807, 2.05) is 30.3 Å². The van der Waals surface area contributed by atoms with Crippen molar-refractivity contribution in [2.45, 2.75) is 6.54 Å². The first-order chi connectivity index (χ1) is 12.0. The number of amides is 2. The number of carbonyl (C=O) groups is 2. The predicted octanol–water partition coefficient (Wildman–Crippen LogP) is 2.94. The molecule has 2 amide bonds. The Morgan fingerprint density at radius 2 is 1.88 bits per heavy atom. The van der Waals surface area contributed by atoms with Crippen LogP contribution >= 0.6 is 11.6 Å². The van der Waals surface area contributed by atoms with Gasteiger partial charge in [-0.3, -0.25) is 9.59 Å². The molecule has 1 aromatic heterocycles. The number of nitrogens with one attached hydrogen (secondary N) is 1. The van der Waals surface area contributed by atoms with Crippen LogP contribution in [0, 0.1) is 0 Å². The molecule has 1 heterocycles. The summed E-state index contributed by atoms with van der Waals surface area (Å²) in [4.78, 5) is 28.3. The van der Waals surface area contributed by atoms with Gasteiger partial charge in [0.15, 0.2) is 11.5 Å². The molecule has 25 heavy (non-hydrogen) atoms. The van der Waals surface area contributed by atoms with E-state index in [1.165, 1.54) is 12.4 Å². The number of halogens is 1. The molecule has 0 aliphatic rings. The molecule has 0 atom stereocenters. The van der Waals surface area contributed by atoms with Crippen molar-refractivity contribution in [3.63, 3.8) is 0 Å². The maximum atomic E-state index is 12.3. The highest BCUT2D eigenvalue weighted by Crippen LogP contribution is 2.17. The molecule has 3 rings (SSSR count). The summed E-state index contributed by atoms with van der Waals surface area (Å²) >= 11 is 5.89. The number of rotatable bonds is 5. The van der Waals surface area contributed by atoms with Crippen LogP contribution in [0.2, 0.25) is 5.02 Å². The molecule has 0 aliphatic heterocycles. The fraction of sp³-hybridized carbons (Fsp3) is 0.0556. The average Bonchev–Trinajstić information content (AvgIpc) is 2.98. The molecule has 2 aromatic carbocycles. The van der Waals surface area contributed by atoms with Crippen LogP contribution in [-0.2, 0) is 6.54 Å². The second-order valence-electron chi connectivity index (χ2n) is 5.38. The van der Waals surface area contributed by atoms with E-state index in [1.54, 1.807) is 22.8 Å². The van der Waals surface area contributed by atoms with Crippen LogP contribution in [0.25, 0.3) is 0 Å². The van der Waals surface area contributed by atoms with Gasteiger partial charge in [0, 0.05) is 17.1 Å². The minimum absolute atomic E-state index is 0.119. The van der Waals surface area contributed by atoms with Crippen LogP contribution in [0.1, 0.15) is 26.4 Å². The Kier molecular flexibility index (Phi) is 4.81. The summed E-state index contributed by atoms with van der Waals surface area (Å²) in [5.41, 5.74) is 6.96. The molecule has 0 fully saturated rings. The Labute approximate surface area is 149 Å². The maximum absolute atomic E-state index is 12.3. The van der Waals surface area contributed by atoms with Gasteiger partial charge < -0.3 is 15.6 Å². The van der Waals surface area contributed by atoms with Crippen LogP contribution in [0.5, 0.6) is 0 Å². The standard InChI is InChI=1S/C18H15ClN4O2/c19-14-8-4-7-13(9-14)18(25)22-17-15(16(20)24)23(11-21-17)10-12-5-2-1-3-6-12/h1-9,11H,10H2,(H2,20,24)(H,22,25). The van der Waals surface area contributed by atoms with Gasteiger partial charge in [0.05, 0.1) is 6.33 Å². The van der Waals surface area contributed by atoms with E-state index in [-0.39, 0.29) is 11.5 Å². The van der Waals surface area contributed by atoms with Crippen LogP contribution in [0.15, 0.2) is 60.9 Å². The normalized spacial score (nSPS) is 10.4.